The van der Waals surface area contributed by atoms with E-state index in [1.807, 2.05) is 6.92 Å². The van der Waals surface area contributed by atoms with E-state index in [9.17, 15) is 13.2 Å². The van der Waals surface area contributed by atoms with Crippen LogP contribution in [0.4, 0.5) is 5.69 Å². The zero-order valence-corrected chi connectivity index (χ0v) is 16.3. The summed E-state index contributed by atoms with van der Waals surface area (Å²) >= 11 is 6.03. The number of carbonyl (C=O) groups excluding carboxylic acids is 1. The molecule has 0 heterocycles. The van der Waals surface area contributed by atoms with Gasteiger partial charge in [0.2, 0.25) is 0 Å². The third-order valence-corrected chi connectivity index (χ3v) is 5.67. The number of hydrogen-bond acceptors (Lipinski definition) is 5. The van der Waals surface area contributed by atoms with Crippen molar-refractivity contribution in [2.24, 2.45) is 0 Å². The molecule has 0 unspecified atom stereocenters. The molecule has 0 N–H and O–H groups in total. The number of methoxy groups -OCH3 is 1. The molecule has 0 aliphatic heterocycles. The Bertz CT molecular complexity index is 881. The number of hydrogen-bond donors (Lipinski definition) is 0. The maximum atomic E-state index is 13.2. The number of carbonyl (C=O) groups is 1. The molecule has 0 radical (unpaired) electrons. The highest BCUT2D eigenvalue weighted by Gasteiger charge is 2.29. The lowest BCUT2D eigenvalue weighted by atomic mass is 10.2. The van der Waals surface area contributed by atoms with Crippen molar-refractivity contribution in [3.05, 3.63) is 53.1 Å². The molecule has 0 spiro atoms. The van der Waals surface area contributed by atoms with Gasteiger partial charge < -0.3 is 9.47 Å². The fourth-order valence-corrected chi connectivity index (χ4v) is 3.97. The quantitative estimate of drug-likeness (QED) is 0.669. The van der Waals surface area contributed by atoms with Gasteiger partial charge in [-0.15, -0.1) is 0 Å². The van der Waals surface area contributed by atoms with Gasteiger partial charge in [-0.25, -0.2) is 8.42 Å². The van der Waals surface area contributed by atoms with Crippen molar-refractivity contribution in [3.8, 4) is 5.75 Å². The number of halogens is 1. The topological polar surface area (TPSA) is 72.9 Å². The summed E-state index contributed by atoms with van der Waals surface area (Å²) in [6.07, 6.45) is 0. The molecule has 0 saturated carbocycles. The summed E-state index contributed by atoms with van der Waals surface area (Å²) in [5, 5.41) is 0.363. The Hall–Kier alpha value is -2.25. The number of esters is 1. The molecule has 0 aliphatic carbocycles. The fourth-order valence-electron chi connectivity index (χ4n) is 2.33. The van der Waals surface area contributed by atoms with Crippen LogP contribution in [0.3, 0.4) is 0 Å². The van der Waals surface area contributed by atoms with Gasteiger partial charge in [0.15, 0.2) is 0 Å². The Morgan fingerprint density at radius 2 is 1.81 bits per heavy atom. The average molecular weight is 398 g/mol. The van der Waals surface area contributed by atoms with Crippen molar-refractivity contribution in [2.75, 3.05) is 24.6 Å². The van der Waals surface area contributed by atoms with E-state index in [1.54, 1.807) is 31.2 Å². The van der Waals surface area contributed by atoms with Crippen LogP contribution >= 0.6 is 11.6 Å². The van der Waals surface area contributed by atoms with Crippen LogP contribution in [0, 0.1) is 6.92 Å². The first-order chi connectivity index (χ1) is 12.3. The number of ether oxygens (including phenoxy) is 2. The van der Waals surface area contributed by atoms with Gasteiger partial charge in [0.25, 0.3) is 10.0 Å². The van der Waals surface area contributed by atoms with Crippen molar-refractivity contribution in [1.29, 1.82) is 0 Å². The predicted molar refractivity (Wildman–Crippen MR) is 100 cm³/mol. The highest BCUT2D eigenvalue weighted by molar-refractivity contribution is 7.92. The average Bonchev–Trinajstić information content (AvgIpc) is 2.62. The van der Waals surface area contributed by atoms with Gasteiger partial charge in [0.1, 0.15) is 12.3 Å². The zero-order valence-electron chi connectivity index (χ0n) is 14.7. The van der Waals surface area contributed by atoms with Crippen LogP contribution in [0.2, 0.25) is 5.02 Å². The monoisotopic (exact) mass is 397 g/mol. The second kappa shape index (κ2) is 8.42. The molecule has 2 rings (SSSR count). The van der Waals surface area contributed by atoms with E-state index in [4.69, 9.17) is 16.3 Å². The maximum absolute atomic E-state index is 13.2. The van der Waals surface area contributed by atoms with Gasteiger partial charge in [-0.05, 0) is 55.8 Å². The molecule has 8 heteroatoms. The van der Waals surface area contributed by atoms with Crippen molar-refractivity contribution >= 4 is 33.3 Å². The summed E-state index contributed by atoms with van der Waals surface area (Å²) < 4.78 is 37.3. The molecule has 0 amide bonds. The lowest BCUT2D eigenvalue weighted by molar-refractivity contribution is -0.138. The SMILES string of the molecule is CCOc1ccc(S(=O)(=O)N(CC(=O)OC)c2cc(Cl)ccc2C)cc1. The molecular weight excluding hydrogens is 378 g/mol. The first-order valence-electron chi connectivity index (χ1n) is 7.88. The Morgan fingerprint density at radius 1 is 1.15 bits per heavy atom. The predicted octanol–water partition coefficient (Wildman–Crippen LogP) is 3.42. The molecular formula is C18H20ClNO5S. The van der Waals surface area contributed by atoms with E-state index in [0.717, 1.165) is 4.31 Å². The molecule has 26 heavy (non-hydrogen) atoms. The van der Waals surface area contributed by atoms with E-state index >= 15 is 0 Å². The summed E-state index contributed by atoms with van der Waals surface area (Å²) in [6, 6.07) is 10.9. The summed E-state index contributed by atoms with van der Waals surface area (Å²) in [5.41, 5.74) is 0.976. The number of aryl methyl sites for hydroxylation is 1. The van der Waals surface area contributed by atoms with E-state index < -0.39 is 22.5 Å². The van der Waals surface area contributed by atoms with Gasteiger partial charge in [0.05, 0.1) is 24.3 Å². The third kappa shape index (κ3) is 4.47. The van der Waals surface area contributed by atoms with Gasteiger partial charge in [-0.1, -0.05) is 17.7 Å². The van der Waals surface area contributed by atoms with E-state index in [0.29, 0.717) is 28.6 Å². The number of sulfonamides is 1. The molecule has 0 aliphatic rings. The number of anilines is 1. The van der Waals surface area contributed by atoms with Gasteiger partial charge in [-0.3, -0.25) is 9.10 Å². The highest BCUT2D eigenvalue weighted by atomic mass is 35.5. The normalized spacial score (nSPS) is 11.1. The van der Waals surface area contributed by atoms with Gasteiger partial charge in [-0.2, -0.15) is 0 Å². The smallest absolute Gasteiger partial charge is 0.326 e. The van der Waals surface area contributed by atoms with Crippen molar-refractivity contribution in [2.45, 2.75) is 18.7 Å². The number of benzene rings is 2. The lowest BCUT2D eigenvalue weighted by Gasteiger charge is -2.25. The van der Waals surface area contributed by atoms with E-state index in [-0.39, 0.29) is 4.90 Å². The summed E-state index contributed by atoms with van der Waals surface area (Å²) in [6.45, 7) is 3.59. The molecule has 2 aromatic carbocycles. The summed E-state index contributed by atoms with van der Waals surface area (Å²) in [4.78, 5) is 11.9. The Labute approximate surface area is 158 Å². The summed E-state index contributed by atoms with van der Waals surface area (Å²) in [5.74, 6) is -0.121. The molecule has 6 nitrogen and oxygen atoms in total. The molecule has 140 valence electrons. The van der Waals surface area contributed by atoms with Crippen molar-refractivity contribution in [3.63, 3.8) is 0 Å². The van der Waals surface area contributed by atoms with Crippen LogP contribution in [-0.2, 0) is 19.6 Å². The molecule has 2 aromatic rings. The molecule has 0 saturated heterocycles. The first-order valence-corrected chi connectivity index (χ1v) is 9.70. The Morgan fingerprint density at radius 3 is 2.38 bits per heavy atom. The Balaban J connectivity index is 2.52. The maximum Gasteiger partial charge on any atom is 0.326 e. The second-order valence-corrected chi connectivity index (χ2v) is 7.72. The molecule has 0 aromatic heterocycles. The molecule has 0 bridgehead atoms. The first kappa shape index (κ1) is 20.1. The van der Waals surface area contributed by atoms with Crippen LogP contribution < -0.4 is 9.04 Å². The zero-order chi connectivity index (χ0) is 19.3. The van der Waals surface area contributed by atoms with E-state index in [1.165, 1.54) is 25.3 Å². The minimum Gasteiger partial charge on any atom is -0.494 e. The largest absolute Gasteiger partial charge is 0.494 e. The lowest BCUT2D eigenvalue weighted by Crippen LogP contribution is -2.36. The fraction of sp³-hybridized carbons (Fsp3) is 0.278. The number of nitrogens with zero attached hydrogens (tertiary/aromatic N) is 1. The van der Waals surface area contributed by atoms with Crippen LogP contribution in [0.25, 0.3) is 0 Å². The van der Waals surface area contributed by atoms with Crippen molar-refractivity contribution < 1.29 is 22.7 Å². The summed E-state index contributed by atoms with van der Waals surface area (Å²) in [7, 11) is -2.81. The minimum atomic E-state index is -4.01. The van der Waals surface area contributed by atoms with Gasteiger partial charge >= 0.3 is 5.97 Å². The standard InChI is InChI=1S/C18H20ClNO5S/c1-4-25-15-7-9-16(10-8-15)26(22,23)20(12-18(21)24-3)17-11-14(19)6-5-13(17)2/h5-11H,4,12H2,1-3H3. The third-order valence-electron chi connectivity index (χ3n) is 3.66. The number of rotatable bonds is 7. The van der Waals surface area contributed by atoms with Crippen LogP contribution in [0.1, 0.15) is 12.5 Å². The van der Waals surface area contributed by atoms with E-state index in [2.05, 4.69) is 4.74 Å². The molecule has 0 fully saturated rings. The molecule has 0 atom stereocenters. The Kier molecular flexibility index (Phi) is 6.50. The highest BCUT2D eigenvalue weighted by Crippen LogP contribution is 2.30. The van der Waals surface area contributed by atoms with Crippen LogP contribution in [0.5, 0.6) is 5.75 Å². The van der Waals surface area contributed by atoms with Crippen LogP contribution in [0.15, 0.2) is 47.4 Å². The minimum absolute atomic E-state index is 0.0317. The van der Waals surface area contributed by atoms with Crippen molar-refractivity contribution in [1.82, 2.24) is 0 Å². The second-order valence-electron chi connectivity index (χ2n) is 5.42. The van der Waals surface area contributed by atoms with Crippen LogP contribution in [-0.4, -0.2) is 34.6 Å². The van der Waals surface area contributed by atoms with Gasteiger partial charge in [0, 0.05) is 5.02 Å².